The van der Waals surface area contributed by atoms with Crippen LogP contribution < -0.4 is 0 Å². The summed E-state index contributed by atoms with van der Waals surface area (Å²) in [5, 5.41) is 8.73. The highest BCUT2D eigenvalue weighted by Gasteiger charge is 2.36. The Hall–Kier alpha value is -5.20. The molecule has 0 aromatic heterocycles. The van der Waals surface area contributed by atoms with Crippen LogP contribution in [0.5, 0.6) is 0 Å². The lowest BCUT2D eigenvalue weighted by Gasteiger charge is -2.22. The van der Waals surface area contributed by atoms with Gasteiger partial charge in [0.15, 0.2) is 0 Å². The minimum atomic E-state index is -0.281. The second-order valence-corrected chi connectivity index (χ2v) is 12.2. The Morgan fingerprint density at radius 2 is 1.12 bits per heavy atom. The maximum absolute atomic E-state index is 9.31. The topological polar surface area (TPSA) is 0 Å². The van der Waals surface area contributed by atoms with Crippen LogP contribution in [-0.4, -0.2) is 0 Å². The van der Waals surface area contributed by atoms with E-state index in [-0.39, 0.29) is 29.6 Å². The van der Waals surface area contributed by atoms with Gasteiger partial charge in [-0.25, -0.2) is 0 Å². The van der Waals surface area contributed by atoms with Crippen molar-refractivity contribution in [2.24, 2.45) is 0 Å². The quantitative estimate of drug-likeness (QED) is 0.148. The molecule has 0 nitrogen and oxygen atoms in total. The van der Waals surface area contributed by atoms with Crippen molar-refractivity contribution in [3.63, 3.8) is 0 Å². The zero-order valence-corrected chi connectivity index (χ0v) is 24.0. The van der Waals surface area contributed by atoms with Gasteiger partial charge in [-0.2, -0.15) is 0 Å². The summed E-state index contributed by atoms with van der Waals surface area (Å²) in [7, 11) is 0. The first-order valence-electron chi connectivity index (χ1n) is 16.9. The molecule has 8 aromatic rings. The third kappa shape index (κ3) is 3.57. The van der Waals surface area contributed by atoms with Crippen molar-refractivity contribution in [2.45, 2.75) is 19.3 Å². The van der Waals surface area contributed by atoms with Crippen molar-refractivity contribution in [1.29, 1.82) is 0 Å². The highest BCUT2D eigenvalue weighted by Crippen LogP contribution is 2.52. The zero-order valence-electron chi connectivity index (χ0n) is 28.0. The van der Waals surface area contributed by atoms with Crippen LogP contribution in [0, 0.1) is 0 Å². The molecule has 1 aliphatic rings. The molecule has 0 aliphatic heterocycles. The molecule has 0 saturated carbocycles. The van der Waals surface area contributed by atoms with E-state index >= 15 is 0 Å². The molecule has 202 valence electrons. The van der Waals surface area contributed by atoms with Crippen LogP contribution in [0.15, 0.2) is 145 Å². The Bertz CT molecular complexity index is 2620. The minimum absolute atomic E-state index is 0.0255. The third-order valence-electron chi connectivity index (χ3n) is 9.47. The van der Waals surface area contributed by atoms with E-state index in [0.29, 0.717) is 22.3 Å². The fourth-order valence-electron chi connectivity index (χ4n) is 7.26. The van der Waals surface area contributed by atoms with Crippen LogP contribution in [0.4, 0.5) is 0 Å². The number of rotatable bonds is 2. The predicted octanol–water partition coefficient (Wildman–Crippen LogP) is 11.9. The molecule has 0 saturated heterocycles. The standard InChI is InChI=1S/C43H30/c1-43(2)39-23-21-28-8-5-6-12-36(28)42(39)37-22-20-33(26-40(37)43)27-14-16-29(17-15-27)35-13-7-11-30-18-19-34-24-31-9-3-4-10-32(31)25-38(34)41(30)35/h3-26H,1-2H3/i14D,15D,16D,17D. The van der Waals surface area contributed by atoms with E-state index in [4.69, 9.17) is 0 Å². The molecule has 0 atom stereocenters. The molecule has 0 bridgehead atoms. The summed E-state index contributed by atoms with van der Waals surface area (Å²) in [5.41, 5.74) is 6.58. The van der Waals surface area contributed by atoms with E-state index in [0.717, 1.165) is 43.4 Å². The van der Waals surface area contributed by atoms with E-state index in [1.807, 2.05) is 36.4 Å². The molecule has 0 heterocycles. The van der Waals surface area contributed by atoms with Gasteiger partial charge in [0.25, 0.3) is 0 Å². The molecular formula is C43H30. The molecule has 0 N–H and O–H groups in total. The first-order chi connectivity index (χ1) is 22.7. The van der Waals surface area contributed by atoms with Crippen molar-refractivity contribution < 1.29 is 5.48 Å². The third-order valence-corrected chi connectivity index (χ3v) is 9.47. The molecule has 0 spiro atoms. The summed E-state index contributed by atoms with van der Waals surface area (Å²) >= 11 is 0. The summed E-state index contributed by atoms with van der Waals surface area (Å²) < 4.78 is 37.2. The van der Waals surface area contributed by atoms with Crippen LogP contribution in [0.2, 0.25) is 0 Å². The lowest BCUT2D eigenvalue weighted by molar-refractivity contribution is 0.661. The van der Waals surface area contributed by atoms with Crippen LogP contribution >= 0.6 is 0 Å². The van der Waals surface area contributed by atoms with Crippen LogP contribution in [0.25, 0.3) is 76.5 Å². The average molecular weight is 551 g/mol. The molecular weight excluding hydrogens is 516 g/mol. The Balaban J connectivity index is 1.26. The van der Waals surface area contributed by atoms with Gasteiger partial charge in [0.1, 0.15) is 0 Å². The lowest BCUT2D eigenvalue weighted by atomic mass is 9.81. The summed E-state index contributed by atoms with van der Waals surface area (Å²) in [6.07, 6.45) is 0. The summed E-state index contributed by atoms with van der Waals surface area (Å²) in [5.74, 6) is 0. The second kappa shape index (κ2) is 8.90. The van der Waals surface area contributed by atoms with Crippen LogP contribution in [0.1, 0.15) is 30.5 Å². The van der Waals surface area contributed by atoms with E-state index in [1.165, 1.54) is 21.9 Å². The van der Waals surface area contributed by atoms with Gasteiger partial charge in [0.2, 0.25) is 0 Å². The van der Waals surface area contributed by atoms with Crippen molar-refractivity contribution in [3.05, 3.63) is 157 Å². The average Bonchev–Trinajstić information content (AvgIpc) is 3.32. The summed E-state index contributed by atoms with van der Waals surface area (Å²) in [6.45, 7) is 4.45. The monoisotopic (exact) mass is 550 g/mol. The van der Waals surface area contributed by atoms with Crippen molar-refractivity contribution in [1.82, 2.24) is 0 Å². The minimum Gasteiger partial charge on any atom is -0.0616 e. The molecule has 43 heavy (non-hydrogen) atoms. The summed E-state index contributed by atoms with van der Waals surface area (Å²) in [4.78, 5) is 0. The van der Waals surface area contributed by atoms with Gasteiger partial charge in [-0.15, -0.1) is 0 Å². The second-order valence-electron chi connectivity index (χ2n) is 12.2. The molecule has 0 unspecified atom stereocenters. The van der Waals surface area contributed by atoms with E-state index in [2.05, 4.69) is 98.8 Å². The van der Waals surface area contributed by atoms with Gasteiger partial charge >= 0.3 is 0 Å². The first kappa shape index (κ1) is 20.6. The van der Waals surface area contributed by atoms with Crippen molar-refractivity contribution in [2.75, 3.05) is 0 Å². The van der Waals surface area contributed by atoms with Crippen molar-refractivity contribution >= 4 is 43.1 Å². The van der Waals surface area contributed by atoms with Crippen LogP contribution in [0.3, 0.4) is 0 Å². The Kier molecular flexibility index (Phi) is 4.27. The van der Waals surface area contributed by atoms with E-state index < -0.39 is 0 Å². The van der Waals surface area contributed by atoms with E-state index in [9.17, 15) is 5.48 Å². The highest BCUT2D eigenvalue weighted by molar-refractivity contribution is 6.17. The van der Waals surface area contributed by atoms with E-state index in [1.54, 1.807) is 0 Å². The van der Waals surface area contributed by atoms with Gasteiger partial charge in [0.05, 0.1) is 5.48 Å². The molecule has 9 rings (SSSR count). The highest BCUT2D eigenvalue weighted by atomic mass is 14.4. The normalized spacial score (nSPS) is 14.8. The molecule has 0 heteroatoms. The molecule has 1 aliphatic carbocycles. The largest absolute Gasteiger partial charge is 0.0629 e. The SMILES string of the molecule is [2H]c1c([2H])c(-c2cccc3ccc4cc5ccccc5cc4c23)c([2H])c([2H])c1-c1ccc2c(c1)C(C)(C)c1ccc3ccccc3c1-2. The number of benzene rings is 8. The first-order valence-corrected chi connectivity index (χ1v) is 14.9. The fraction of sp³-hybridized carbons (Fsp3) is 0.0698. The number of hydrogen-bond donors (Lipinski definition) is 0. The maximum atomic E-state index is 9.31. The molecule has 0 radical (unpaired) electrons. The Morgan fingerprint density at radius 3 is 1.95 bits per heavy atom. The van der Waals surface area contributed by atoms with Gasteiger partial charge in [0, 0.05) is 5.41 Å². The fourth-order valence-corrected chi connectivity index (χ4v) is 7.26. The van der Waals surface area contributed by atoms with Gasteiger partial charge in [-0.1, -0.05) is 141 Å². The zero-order chi connectivity index (χ0) is 32.2. The molecule has 8 aromatic carbocycles. The Labute approximate surface area is 257 Å². The van der Waals surface area contributed by atoms with Crippen molar-refractivity contribution in [3.8, 4) is 33.4 Å². The Morgan fingerprint density at radius 1 is 0.442 bits per heavy atom. The molecule has 0 fully saturated rings. The molecule has 0 amide bonds. The van der Waals surface area contributed by atoms with Gasteiger partial charge < -0.3 is 0 Å². The van der Waals surface area contributed by atoms with Crippen LogP contribution in [-0.2, 0) is 5.41 Å². The summed E-state index contributed by atoms with van der Waals surface area (Å²) in [6, 6.07) is 41.6. The maximum Gasteiger partial charge on any atom is 0.0629 e. The number of fused-ring (bicyclic) bond motifs is 9. The van der Waals surface area contributed by atoms with Gasteiger partial charge in [-0.3, -0.25) is 0 Å². The lowest BCUT2D eigenvalue weighted by Crippen LogP contribution is -2.15. The van der Waals surface area contributed by atoms with Gasteiger partial charge in [-0.05, 0) is 106 Å². The smallest absolute Gasteiger partial charge is 0.0616 e. The number of hydrogen-bond acceptors (Lipinski definition) is 0. The predicted molar refractivity (Wildman–Crippen MR) is 185 cm³/mol.